The van der Waals surface area contributed by atoms with E-state index in [1.54, 1.807) is 7.11 Å². The molecular formula is C10H11BrO. The number of rotatable bonds is 1. The van der Waals surface area contributed by atoms with Gasteiger partial charge in [0.15, 0.2) is 0 Å². The Bertz CT molecular complexity index is 285. The number of alkyl halides is 1. The van der Waals surface area contributed by atoms with E-state index in [0.717, 1.165) is 6.42 Å². The Kier molecular flexibility index (Phi) is 2.20. The van der Waals surface area contributed by atoms with Crippen LogP contribution < -0.4 is 0 Å². The zero-order valence-electron chi connectivity index (χ0n) is 6.96. The molecule has 1 nitrogen and oxygen atoms in total. The van der Waals surface area contributed by atoms with Crippen LogP contribution in [0.15, 0.2) is 24.3 Å². The van der Waals surface area contributed by atoms with E-state index < -0.39 is 0 Å². The summed E-state index contributed by atoms with van der Waals surface area (Å²) in [6.07, 6.45) is 1.32. The van der Waals surface area contributed by atoms with E-state index in [1.165, 1.54) is 11.1 Å². The largest absolute Gasteiger partial charge is 0.376 e. The van der Waals surface area contributed by atoms with Gasteiger partial charge < -0.3 is 4.74 Å². The Labute approximate surface area is 80.9 Å². The predicted molar refractivity (Wildman–Crippen MR) is 52.6 cm³/mol. The van der Waals surface area contributed by atoms with Crippen molar-refractivity contribution < 1.29 is 4.74 Å². The molecule has 0 heterocycles. The number of hydrogen-bond donors (Lipinski definition) is 0. The monoisotopic (exact) mass is 226 g/mol. The van der Waals surface area contributed by atoms with Gasteiger partial charge in [-0.3, -0.25) is 0 Å². The molecule has 1 aliphatic rings. The molecule has 1 aliphatic carbocycles. The molecule has 12 heavy (non-hydrogen) atoms. The molecule has 0 fully saturated rings. The van der Waals surface area contributed by atoms with Crippen molar-refractivity contribution in [1.29, 1.82) is 0 Å². The third-order valence-corrected chi connectivity index (χ3v) is 3.16. The van der Waals surface area contributed by atoms with Crippen LogP contribution in [-0.2, 0) is 11.2 Å². The predicted octanol–water partition coefficient (Wildman–Crippen LogP) is 2.69. The molecule has 0 spiro atoms. The first-order valence-corrected chi connectivity index (χ1v) is 4.99. The molecular weight excluding hydrogens is 216 g/mol. The molecule has 0 saturated heterocycles. The average molecular weight is 227 g/mol. The van der Waals surface area contributed by atoms with Gasteiger partial charge in [-0.25, -0.2) is 0 Å². The van der Waals surface area contributed by atoms with Crippen molar-refractivity contribution in [2.45, 2.75) is 17.4 Å². The van der Waals surface area contributed by atoms with Crippen LogP contribution in [-0.4, -0.2) is 11.9 Å². The minimum absolute atomic E-state index is 0.237. The molecule has 0 saturated carbocycles. The molecule has 0 aromatic heterocycles. The molecule has 1 aromatic rings. The van der Waals surface area contributed by atoms with Crippen molar-refractivity contribution in [3.63, 3.8) is 0 Å². The molecule has 0 amide bonds. The van der Waals surface area contributed by atoms with E-state index >= 15 is 0 Å². The summed E-state index contributed by atoms with van der Waals surface area (Å²) in [7, 11) is 1.76. The maximum absolute atomic E-state index is 5.40. The first-order valence-electron chi connectivity index (χ1n) is 4.07. The van der Waals surface area contributed by atoms with E-state index in [1.807, 2.05) is 0 Å². The third-order valence-electron chi connectivity index (χ3n) is 2.36. The number of hydrogen-bond acceptors (Lipinski definition) is 1. The van der Waals surface area contributed by atoms with E-state index in [4.69, 9.17) is 4.74 Å². The van der Waals surface area contributed by atoms with Gasteiger partial charge in [0.1, 0.15) is 0 Å². The van der Waals surface area contributed by atoms with Crippen molar-refractivity contribution in [2.24, 2.45) is 0 Å². The summed E-state index contributed by atoms with van der Waals surface area (Å²) in [6, 6.07) is 8.46. The molecule has 2 rings (SSSR count). The fourth-order valence-electron chi connectivity index (χ4n) is 1.78. The van der Waals surface area contributed by atoms with Crippen LogP contribution in [0.2, 0.25) is 0 Å². The van der Waals surface area contributed by atoms with Crippen molar-refractivity contribution >= 4 is 15.9 Å². The van der Waals surface area contributed by atoms with Gasteiger partial charge in [0.25, 0.3) is 0 Å². The highest BCUT2D eigenvalue weighted by Crippen LogP contribution is 2.37. The lowest BCUT2D eigenvalue weighted by Crippen LogP contribution is -2.07. The van der Waals surface area contributed by atoms with E-state index in [-0.39, 0.29) is 6.10 Å². The third kappa shape index (κ3) is 1.19. The normalized spacial score (nSPS) is 27.2. The molecule has 0 unspecified atom stereocenters. The highest BCUT2D eigenvalue weighted by Gasteiger charge is 2.29. The maximum atomic E-state index is 5.40. The van der Waals surface area contributed by atoms with E-state index in [0.29, 0.717) is 4.83 Å². The smallest absolute Gasteiger partial charge is 0.0951 e. The first-order chi connectivity index (χ1) is 5.83. The second kappa shape index (κ2) is 3.19. The quantitative estimate of drug-likeness (QED) is 0.670. The SMILES string of the molecule is CO[C@H]1c2ccccc2C[C@H]1Br. The number of methoxy groups -OCH3 is 1. The lowest BCUT2D eigenvalue weighted by molar-refractivity contribution is 0.111. The van der Waals surface area contributed by atoms with Gasteiger partial charge >= 0.3 is 0 Å². The summed E-state index contributed by atoms with van der Waals surface area (Å²) >= 11 is 3.62. The summed E-state index contributed by atoms with van der Waals surface area (Å²) in [5.41, 5.74) is 2.74. The van der Waals surface area contributed by atoms with Gasteiger partial charge in [-0.1, -0.05) is 40.2 Å². The molecule has 0 N–H and O–H groups in total. The molecule has 0 radical (unpaired) electrons. The van der Waals surface area contributed by atoms with Crippen molar-refractivity contribution in [3.8, 4) is 0 Å². The maximum Gasteiger partial charge on any atom is 0.0951 e. The van der Waals surface area contributed by atoms with Gasteiger partial charge in [0.05, 0.1) is 6.10 Å². The number of benzene rings is 1. The van der Waals surface area contributed by atoms with Crippen LogP contribution >= 0.6 is 15.9 Å². The number of halogens is 1. The zero-order valence-corrected chi connectivity index (χ0v) is 8.54. The molecule has 0 aliphatic heterocycles. The molecule has 2 atom stereocenters. The highest BCUT2D eigenvalue weighted by molar-refractivity contribution is 9.09. The lowest BCUT2D eigenvalue weighted by atomic mass is 10.1. The molecule has 0 bridgehead atoms. The lowest BCUT2D eigenvalue weighted by Gasteiger charge is -2.12. The molecule has 1 aromatic carbocycles. The van der Waals surface area contributed by atoms with Crippen LogP contribution in [0, 0.1) is 0 Å². The van der Waals surface area contributed by atoms with Gasteiger partial charge in [-0.2, -0.15) is 0 Å². The number of fused-ring (bicyclic) bond motifs is 1. The first kappa shape index (κ1) is 8.27. The van der Waals surface area contributed by atoms with Crippen LogP contribution in [0.3, 0.4) is 0 Å². The van der Waals surface area contributed by atoms with Gasteiger partial charge in [0.2, 0.25) is 0 Å². The van der Waals surface area contributed by atoms with Crippen molar-refractivity contribution in [2.75, 3.05) is 7.11 Å². The summed E-state index contributed by atoms with van der Waals surface area (Å²) in [5.74, 6) is 0. The van der Waals surface area contributed by atoms with Crippen molar-refractivity contribution in [3.05, 3.63) is 35.4 Å². The minimum Gasteiger partial charge on any atom is -0.376 e. The Morgan fingerprint density at radius 2 is 2.17 bits per heavy atom. The summed E-state index contributed by atoms with van der Waals surface area (Å²) < 4.78 is 5.40. The average Bonchev–Trinajstić information content (AvgIpc) is 2.40. The summed E-state index contributed by atoms with van der Waals surface area (Å²) in [6.45, 7) is 0. The van der Waals surface area contributed by atoms with Gasteiger partial charge in [-0.05, 0) is 17.5 Å². The molecule has 64 valence electrons. The van der Waals surface area contributed by atoms with Crippen LogP contribution in [0.5, 0.6) is 0 Å². The summed E-state index contributed by atoms with van der Waals surface area (Å²) in [5, 5.41) is 0. The minimum atomic E-state index is 0.237. The Morgan fingerprint density at radius 1 is 1.42 bits per heavy atom. The molecule has 2 heteroatoms. The second-order valence-corrected chi connectivity index (χ2v) is 4.25. The Morgan fingerprint density at radius 3 is 2.92 bits per heavy atom. The van der Waals surface area contributed by atoms with Crippen LogP contribution in [0.25, 0.3) is 0 Å². The van der Waals surface area contributed by atoms with Crippen LogP contribution in [0.4, 0.5) is 0 Å². The van der Waals surface area contributed by atoms with E-state index in [2.05, 4.69) is 40.2 Å². The zero-order chi connectivity index (χ0) is 8.55. The van der Waals surface area contributed by atoms with E-state index in [9.17, 15) is 0 Å². The van der Waals surface area contributed by atoms with Gasteiger partial charge in [0, 0.05) is 11.9 Å². The van der Waals surface area contributed by atoms with Crippen molar-refractivity contribution in [1.82, 2.24) is 0 Å². The summed E-state index contributed by atoms with van der Waals surface area (Å²) in [4.78, 5) is 0.444. The Hall–Kier alpha value is -0.340. The number of ether oxygens (including phenoxy) is 1. The van der Waals surface area contributed by atoms with Crippen LogP contribution in [0.1, 0.15) is 17.2 Å². The Balaban J connectivity index is 2.40. The van der Waals surface area contributed by atoms with Gasteiger partial charge in [-0.15, -0.1) is 0 Å². The fraction of sp³-hybridized carbons (Fsp3) is 0.400. The topological polar surface area (TPSA) is 9.23 Å². The second-order valence-electron chi connectivity index (χ2n) is 3.08. The fourth-order valence-corrected chi connectivity index (χ4v) is 2.63. The standard InChI is InChI=1S/C10H11BrO/c1-12-10-8-5-3-2-4-7(8)6-9(10)11/h2-5,9-10H,6H2,1H3/t9-,10+/m1/s1. The highest BCUT2D eigenvalue weighted by atomic mass is 79.9.